The molecule has 6 heteroatoms. The zero-order valence-electron chi connectivity index (χ0n) is 20.2. The molecule has 5 nitrogen and oxygen atoms in total. The number of phenols is 1. The molecule has 0 amide bonds. The van der Waals surface area contributed by atoms with Crippen molar-refractivity contribution in [3.05, 3.63) is 106 Å². The second-order valence-electron chi connectivity index (χ2n) is 9.22. The summed E-state index contributed by atoms with van der Waals surface area (Å²) in [7, 11) is 1.38. The van der Waals surface area contributed by atoms with E-state index in [0.29, 0.717) is 11.6 Å². The molecule has 1 aromatic heterocycles. The number of carbonyl (C=O) groups is 1. The van der Waals surface area contributed by atoms with Gasteiger partial charge < -0.3 is 14.8 Å². The lowest BCUT2D eigenvalue weighted by Crippen LogP contribution is -2.29. The van der Waals surface area contributed by atoms with E-state index in [0.717, 1.165) is 42.5 Å². The fourth-order valence-corrected chi connectivity index (χ4v) is 5.37. The van der Waals surface area contributed by atoms with Gasteiger partial charge in [0.25, 0.3) is 0 Å². The Bertz CT molecular complexity index is 1420. The summed E-state index contributed by atoms with van der Waals surface area (Å²) >= 11 is 6.27. The summed E-state index contributed by atoms with van der Waals surface area (Å²) in [5.74, 6) is -0.101. The molecule has 184 valence electrons. The van der Waals surface area contributed by atoms with E-state index in [-0.39, 0.29) is 17.8 Å². The predicted molar refractivity (Wildman–Crippen MR) is 144 cm³/mol. The van der Waals surface area contributed by atoms with Gasteiger partial charge >= 0.3 is 5.97 Å². The van der Waals surface area contributed by atoms with Gasteiger partial charge in [-0.15, -0.1) is 0 Å². The maximum absolute atomic E-state index is 11.5. The SMILES string of the molecule is COC(=O)C=Cc1ccc2c(c1)CCC2N(CCc1c[nH]c2ccccc12)Cc1cc(Cl)ccc1O. The number of fused-ring (bicyclic) bond motifs is 2. The van der Waals surface area contributed by atoms with E-state index in [1.54, 1.807) is 18.2 Å². The van der Waals surface area contributed by atoms with Crippen LogP contribution in [0.2, 0.25) is 5.02 Å². The van der Waals surface area contributed by atoms with Gasteiger partial charge in [-0.3, -0.25) is 4.90 Å². The maximum Gasteiger partial charge on any atom is 0.330 e. The second kappa shape index (κ2) is 10.6. The predicted octanol–water partition coefficient (Wildman–Crippen LogP) is 6.45. The van der Waals surface area contributed by atoms with Crippen LogP contribution in [0.15, 0.2) is 72.9 Å². The van der Waals surface area contributed by atoms with Crippen molar-refractivity contribution in [2.24, 2.45) is 0 Å². The minimum absolute atomic E-state index is 0.224. The minimum Gasteiger partial charge on any atom is -0.508 e. The summed E-state index contributed by atoms with van der Waals surface area (Å²) in [6, 6.07) is 20.2. The number of H-pyrrole nitrogens is 1. The van der Waals surface area contributed by atoms with Crippen LogP contribution in [0.25, 0.3) is 17.0 Å². The molecule has 1 aliphatic carbocycles. The number of halogens is 1. The zero-order chi connectivity index (χ0) is 25.1. The Hall–Kier alpha value is -3.54. The number of rotatable bonds is 8. The Kier molecular flexibility index (Phi) is 7.12. The first-order valence-corrected chi connectivity index (χ1v) is 12.5. The van der Waals surface area contributed by atoms with E-state index in [2.05, 4.69) is 46.4 Å². The first kappa shape index (κ1) is 24.2. The number of phenolic OH excluding ortho intramolecular Hbond substituents is 1. The molecule has 3 aromatic carbocycles. The number of hydrogen-bond donors (Lipinski definition) is 2. The van der Waals surface area contributed by atoms with Gasteiger partial charge in [0.15, 0.2) is 0 Å². The van der Waals surface area contributed by atoms with Crippen LogP contribution in [-0.4, -0.2) is 34.6 Å². The number of aromatic nitrogens is 1. The number of carbonyl (C=O) groups excluding carboxylic acids is 1. The molecule has 0 saturated carbocycles. The summed E-state index contributed by atoms with van der Waals surface area (Å²) in [5.41, 5.74) is 6.83. The molecule has 0 bridgehead atoms. The summed E-state index contributed by atoms with van der Waals surface area (Å²) in [6.07, 6.45) is 8.18. The normalized spacial score (nSPS) is 15.1. The largest absolute Gasteiger partial charge is 0.508 e. The van der Waals surface area contributed by atoms with Crippen LogP contribution in [0.4, 0.5) is 0 Å². The molecule has 36 heavy (non-hydrogen) atoms. The molecule has 1 heterocycles. The molecule has 0 saturated heterocycles. The summed E-state index contributed by atoms with van der Waals surface area (Å²) < 4.78 is 4.71. The summed E-state index contributed by atoms with van der Waals surface area (Å²) in [4.78, 5) is 17.3. The standard InChI is InChI=1S/C30H29ClN2O3/c1-36-30(35)13-7-20-6-10-26-21(16-20)8-11-28(26)33(19-23-17-24(31)9-12-29(23)34)15-14-22-18-32-27-5-3-2-4-25(22)27/h2-7,9-10,12-13,16-18,28,32,34H,8,11,14-15,19H2,1H3. The Morgan fingerprint density at radius 3 is 2.89 bits per heavy atom. The van der Waals surface area contributed by atoms with Crippen molar-refractivity contribution in [3.8, 4) is 5.75 Å². The average molecular weight is 501 g/mol. The van der Waals surface area contributed by atoms with E-state index in [4.69, 9.17) is 16.3 Å². The monoisotopic (exact) mass is 500 g/mol. The Morgan fingerprint density at radius 2 is 2.03 bits per heavy atom. The first-order valence-electron chi connectivity index (χ1n) is 12.2. The van der Waals surface area contributed by atoms with Gasteiger partial charge in [0, 0.05) is 52.9 Å². The highest BCUT2D eigenvalue weighted by Gasteiger charge is 2.28. The third-order valence-corrected chi connectivity index (χ3v) is 7.26. The number of nitrogens with zero attached hydrogens (tertiary/aromatic N) is 1. The molecule has 1 aliphatic rings. The van der Waals surface area contributed by atoms with Crippen molar-refractivity contribution in [2.75, 3.05) is 13.7 Å². The molecular weight excluding hydrogens is 472 g/mol. The van der Waals surface area contributed by atoms with Crippen LogP contribution in [0, 0.1) is 0 Å². The molecular formula is C30H29ClN2O3. The molecule has 2 N–H and O–H groups in total. The van der Waals surface area contributed by atoms with Crippen molar-refractivity contribution >= 4 is 34.5 Å². The average Bonchev–Trinajstić information content (AvgIpc) is 3.51. The van der Waals surface area contributed by atoms with Crippen LogP contribution < -0.4 is 0 Å². The number of esters is 1. The maximum atomic E-state index is 11.5. The zero-order valence-corrected chi connectivity index (χ0v) is 21.0. The third-order valence-electron chi connectivity index (χ3n) is 7.03. The lowest BCUT2D eigenvalue weighted by Gasteiger charge is -2.30. The lowest BCUT2D eigenvalue weighted by atomic mass is 10.0. The quantitative estimate of drug-likeness (QED) is 0.216. The summed E-state index contributed by atoms with van der Waals surface area (Å²) in [5, 5.41) is 12.4. The van der Waals surface area contributed by atoms with E-state index in [1.165, 1.54) is 35.3 Å². The molecule has 4 aromatic rings. The van der Waals surface area contributed by atoms with E-state index in [1.807, 2.05) is 18.2 Å². The van der Waals surface area contributed by atoms with Crippen molar-refractivity contribution in [2.45, 2.75) is 31.8 Å². The Labute approximate surface area is 216 Å². The topological polar surface area (TPSA) is 65.6 Å². The number of methoxy groups -OCH3 is 1. The van der Waals surface area contributed by atoms with Crippen molar-refractivity contribution in [1.29, 1.82) is 0 Å². The van der Waals surface area contributed by atoms with Crippen LogP contribution in [0.3, 0.4) is 0 Å². The fraction of sp³-hybridized carbons (Fsp3) is 0.233. The molecule has 0 radical (unpaired) electrons. The van der Waals surface area contributed by atoms with E-state index in [9.17, 15) is 9.90 Å². The van der Waals surface area contributed by atoms with Crippen LogP contribution >= 0.6 is 11.6 Å². The van der Waals surface area contributed by atoms with Gasteiger partial charge in [-0.05, 0) is 71.9 Å². The fourth-order valence-electron chi connectivity index (χ4n) is 5.18. The molecule has 5 rings (SSSR count). The molecule has 0 fully saturated rings. The van der Waals surface area contributed by atoms with Crippen LogP contribution in [0.5, 0.6) is 5.75 Å². The lowest BCUT2D eigenvalue weighted by molar-refractivity contribution is -0.134. The van der Waals surface area contributed by atoms with Gasteiger partial charge in [0.2, 0.25) is 0 Å². The van der Waals surface area contributed by atoms with Crippen molar-refractivity contribution < 1.29 is 14.6 Å². The van der Waals surface area contributed by atoms with Gasteiger partial charge in [-0.25, -0.2) is 4.79 Å². The van der Waals surface area contributed by atoms with Gasteiger partial charge in [0.05, 0.1) is 7.11 Å². The third kappa shape index (κ3) is 5.18. The van der Waals surface area contributed by atoms with Gasteiger partial charge in [0.1, 0.15) is 5.75 Å². The first-order chi connectivity index (χ1) is 17.5. The number of ether oxygens (including phenoxy) is 1. The highest BCUT2D eigenvalue weighted by Crippen LogP contribution is 2.38. The number of aromatic hydroxyl groups is 1. The van der Waals surface area contributed by atoms with Crippen LogP contribution in [-0.2, 0) is 28.9 Å². The van der Waals surface area contributed by atoms with Crippen molar-refractivity contribution in [1.82, 2.24) is 9.88 Å². The van der Waals surface area contributed by atoms with Crippen molar-refractivity contribution in [3.63, 3.8) is 0 Å². The Balaban J connectivity index is 1.42. The molecule has 0 aliphatic heterocycles. The minimum atomic E-state index is -0.363. The highest BCUT2D eigenvalue weighted by atomic mass is 35.5. The van der Waals surface area contributed by atoms with Gasteiger partial charge in [-0.1, -0.05) is 48.0 Å². The van der Waals surface area contributed by atoms with E-state index < -0.39 is 0 Å². The number of aryl methyl sites for hydroxylation is 1. The van der Waals surface area contributed by atoms with Gasteiger partial charge in [-0.2, -0.15) is 0 Å². The number of nitrogens with one attached hydrogen (secondary N) is 1. The van der Waals surface area contributed by atoms with Crippen LogP contribution in [0.1, 0.15) is 40.3 Å². The second-order valence-corrected chi connectivity index (χ2v) is 9.66. The smallest absolute Gasteiger partial charge is 0.330 e. The van der Waals surface area contributed by atoms with E-state index >= 15 is 0 Å². The number of para-hydroxylation sites is 1. The molecule has 1 atom stereocenters. The molecule has 1 unspecified atom stereocenters. The number of benzene rings is 3. The highest BCUT2D eigenvalue weighted by molar-refractivity contribution is 6.30. The molecule has 0 spiro atoms. The number of aromatic amines is 1. The number of hydrogen-bond acceptors (Lipinski definition) is 4. The Morgan fingerprint density at radius 1 is 1.17 bits per heavy atom. The summed E-state index contributed by atoms with van der Waals surface area (Å²) in [6.45, 7) is 1.44.